The number of hydrogen-bond acceptors (Lipinski definition) is 4. The standard InChI is InChI=1S/C8H9NO4S/c1-13-7-5-6(9(10)11)3-4-8(7)14(2)12/h3-5H,1-2H3. The van der Waals surface area contributed by atoms with Crippen LogP contribution in [-0.4, -0.2) is 22.5 Å². The molecule has 1 rings (SSSR count). The second kappa shape index (κ2) is 4.19. The lowest BCUT2D eigenvalue weighted by atomic mass is 10.3. The molecule has 0 N–H and O–H groups in total. The van der Waals surface area contributed by atoms with Crippen molar-refractivity contribution in [3.05, 3.63) is 28.3 Å². The van der Waals surface area contributed by atoms with Crippen LogP contribution in [0.1, 0.15) is 0 Å². The van der Waals surface area contributed by atoms with Gasteiger partial charge in [-0.1, -0.05) is 0 Å². The smallest absolute Gasteiger partial charge is 0.273 e. The number of nitrogens with zero attached hydrogens (tertiary/aromatic N) is 1. The van der Waals surface area contributed by atoms with Crippen LogP contribution in [0.25, 0.3) is 0 Å². The third kappa shape index (κ3) is 2.08. The number of methoxy groups -OCH3 is 1. The van der Waals surface area contributed by atoms with Crippen molar-refractivity contribution in [2.75, 3.05) is 13.4 Å². The maximum atomic E-state index is 11.2. The summed E-state index contributed by atoms with van der Waals surface area (Å²) in [5.74, 6) is 0.278. The fourth-order valence-electron chi connectivity index (χ4n) is 1.01. The number of benzene rings is 1. The SMILES string of the molecule is COc1cc([N+](=O)[O-])ccc1S(C)=O. The monoisotopic (exact) mass is 215 g/mol. The van der Waals surface area contributed by atoms with Crippen molar-refractivity contribution in [2.45, 2.75) is 4.90 Å². The molecular formula is C8H9NO4S. The highest BCUT2D eigenvalue weighted by Crippen LogP contribution is 2.26. The normalized spacial score (nSPS) is 12.1. The average Bonchev–Trinajstić information content (AvgIpc) is 2.16. The summed E-state index contributed by atoms with van der Waals surface area (Å²) in [7, 11) is 0.175. The van der Waals surface area contributed by atoms with E-state index < -0.39 is 15.7 Å². The van der Waals surface area contributed by atoms with Gasteiger partial charge in [0, 0.05) is 12.3 Å². The van der Waals surface area contributed by atoms with E-state index in [9.17, 15) is 14.3 Å². The molecule has 6 heteroatoms. The molecule has 14 heavy (non-hydrogen) atoms. The van der Waals surface area contributed by atoms with Gasteiger partial charge in [-0.25, -0.2) is 0 Å². The quantitative estimate of drug-likeness (QED) is 0.563. The van der Waals surface area contributed by atoms with Gasteiger partial charge in [0.1, 0.15) is 5.75 Å². The summed E-state index contributed by atoms with van der Waals surface area (Å²) in [5, 5.41) is 10.4. The molecule has 0 bridgehead atoms. The molecule has 0 aliphatic heterocycles. The van der Waals surface area contributed by atoms with Crippen molar-refractivity contribution in [3.8, 4) is 5.75 Å². The van der Waals surface area contributed by atoms with E-state index in [0.717, 1.165) is 0 Å². The highest BCUT2D eigenvalue weighted by Gasteiger charge is 2.12. The first-order valence-corrected chi connectivity index (χ1v) is 5.28. The topological polar surface area (TPSA) is 69.4 Å². The predicted octanol–water partition coefficient (Wildman–Crippen LogP) is 1.34. The Bertz CT molecular complexity index is 391. The minimum Gasteiger partial charge on any atom is -0.495 e. The number of nitro groups is 1. The van der Waals surface area contributed by atoms with Crippen molar-refractivity contribution in [3.63, 3.8) is 0 Å². The van der Waals surface area contributed by atoms with Crippen LogP contribution in [0.3, 0.4) is 0 Å². The molecule has 76 valence electrons. The molecular weight excluding hydrogens is 206 g/mol. The van der Waals surface area contributed by atoms with Gasteiger partial charge in [0.05, 0.1) is 33.8 Å². The number of nitro benzene ring substituents is 1. The molecule has 5 nitrogen and oxygen atoms in total. The molecule has 0 aliphatic rings. The molecule has 0 saturated heterocycles. The van der Waals surface area contributed by atoms with Gasteiger partial charge in [-0.3, -0.25) is 14.3 Å². The minimum atomic E-state index is -1.21. The van der Waals surface area contributed by atoms with Crippen LogP contribution in [0.5, 0.6) is 5.75 Å². The molecule has 1 atom stereocenters. The van der Waals surface area contributed by atoms with E-state index in [1.807, 2.05) is 0 Å². The molecule has 0 amide bonds. The van der Waals surface area contributed by atoms with Gasteiger partial charge in [0.2, 0.25) is 0 Å². The lowest BCUT2D eigenvalue weighted by Gasteiger charge is -2.04. The van der Waals surface area contributed by atoms with E-state index in [2.05, 4.69) is 0 Å². The lowest BCUT2D eigenvalue weighted by Crippen LogP contribution is -1.96. The molecule has 0 fully saturated rings. The van der Waals surface area contributed by atoms with Gasteiger partial charge in [-0.2, -0.15) is 0 Å². The molecule has 1 aromatic carbocycles. The summed E-state index contributed by atoms with van der Waals surface area (Å²) < 4.78 is 16.1. The summed E-state index contributed by atoms with van der Waals surface area (Å²) >= 11 is 0. The predicted molar refractivity (Wildman–Crippen MR) is 52.0 cm³/mol. The van der Waals surface area contributed by atoms with E-state index in [1.165, 1.54) is 31.6 Å². The van der Waals surface area contributed by atoms with E-state index in [4.69, 9.17) is 4.74 Å². The van der Waals surface area contributed by atoms with E-state index in [0.29, 0.717) is 4.90 Å². The highest BCUT2D eigenvalue weighted by molar-refractivity contribution is 7.84. The first-order valence-electron chi connectivity index (χ1n) is 3.72. The highest BCUT2D eigenvalue weighted by atomic mass is 32.2. The molecule has 0 radical (unpaired) electrons. The summed E-state index contributed by atoms with van der Waals surface area (Å²) in [6.45, 7) is 0. The van der Waals surface area contributed by atoms with Crippen LogP contribution in [-0.2, 0) is 10.8 Å². The molecule has 0 saturated carbocycles. The minimum absolute atomic E-state index is 0.0731. The van der Waals surface area contributed by atoms with Gasteiger partial charge >= 0.3 is 0 Å². The van der Waals surface area contributed by atoms with Crippen molar-refractivity contribution in [1.29, 1.82) is 0 Å². The second-order valence-corrected chi connectivity index (χ2v) is 3.89. The molecule has 1 unspecified atom stereocenters. The van der Waals surface area contributed by atoms with Crippen LogP contribution in [0, 0.1) is 10.1 Å². The number of ether oxygens (including phenoxy) is 1. The van der Waals surface area contributed by atoms with Gasteiger partial charge in [-0.15, -0.1) is 0 Å². The van der Waals surface area contributed by atoms with Crippen LogP contribution < -0.4 is 4.74 Å². The Labute approximate surface area is 83.3 Å². The Morgan fingerprint density at radius 3 is 2.57 bits per heavy atom. The molecule has 0 aromatic heterocycles. The van der Waals surface area contributed by atoms with E-state index in [1.54, 1.807) is 0 Å². The number of non-ortho nitro benzene ring substituents is 1. The van der Waals surface area contributed by atoms with Gasteiger partial charge < -0.3 is 4.74 Å². The Balaban J connectivity index is 3.25. The Hall–Kier alpha value is -1.43. The fourth-order valence-corrected chi connectivity index (χ4v) is 1.69. The van der Waals surface area contributed by atoms with Crippen molar-refractivity contribution in [1.82, 2.24) is 0 Å². The first kappa shape index (κ1) is 10.6. The zero-order valence-electron chi connectivity index (χ0n) is 7.72. The Morgan fingerprint density at radius 1 is 1.50 bits per heavy atom. The first-order chi connectivity index (χ1) is 6.56. The summed E-state index contributed by atoms with van der Waals surface area (Å²) in [6.07, 6.45) is 1.49. The zero-order chi connectivity index (χ0) is 10.7. The van der Waals surface area contributed by atoms with E-state index in [-0.39, 0.29) is 11.4 Å². The Morgan fingerprint density at radius 2 is 2.14 bits per heavy atom. The molecule has 1 aromatic rings. The van der Waals surface area contributed by atoms with Crippen LogP contribution >= 0.6 is 0 Å². The van der Waals surface area contributed by atoms with Crippen LogP contribution in [0.2, 0.25) is 0 Å². The van der Waals surface area contributed by atoms with Crippen molar-refractivity contribution < 1.29 is 13.9 Å². The maximum Gasteiger partial charge on any atom is 0.273 e. The summed E-state index contributed by atoms with van der Waals surface area (Å²) in [6, 6.07) is 4.00. The maximum absolute atomic E-state index is 11.2. The van der Waals surface area contributed by atoms with Crippen molar-refractivity contribution in [2.24, 2.45) is 0 Å². The molecule has 0 aliphatic carbocycles. The zero-order valence-corrected chi connectivity index (χ0v) is 8.54. The van der Waals surface area contributed by atoms with Gasteiger partial charge in [-0.05, 0) is 6.07 Å². The van der Waals surface area contributed by atoms with Gasteiger partial charge in [0.25, 0.3) is 5.69 Å². The third-order valence-electron chi connectivity index (χ3n) is 1.67. The largest absolute Gasteiger partial charge is 0.495 e. The molecule has 0 spiro atoms. The van der Waals surface area contributed by atoms with Crippen LogP contribution in [0.15, 0.2) is 23.1 Å². The molecule has 0 heterocycles. The number of hydrogen-bond donors (Lipinski definition) is 0. The summed E-state index contributed by atoms with van der Waals surface area (Å²) in [5.41, 5.74) is -0.0731. The second-order valence-electron chi connectivity index (χ2n) is 2.55. The third-order valence-corrected chi connectivity index (χ3v) is 2.62. The van der Waals surface area contributed by atoms with Gasteiger partial charge in [0.15, 0.2) is 0 Å². The van der Waals surface area contributed by atoms with Crippen molar-refractivity contribution >= 4 is 16.5 Å². The number of rotatable bonds is 3. The van der Waals surface area contributed by atoms with E-state index >= 15 is 0 Å². The Kier molecular flexibility index (Phi) is 3.19. The fraction of sp³-hybridized carbons (Fsp3) is 0.250. The van der Waals surface area contributed by atoms with Crippen LogP contribution in [0.4, 0.5) is 5.69 Å². The summed E-state index contributed by atoms with van der Waals surface area (Å²) in [4.78, 5) is 10.4. The lowest BCUT2D eigenvalue weighted by molar-refractivity contribution is -0.385. The average molecular weight is 215 g/mol.